The van der Waals surface area contributed by atoms with Crippen molar-refractivity contribution in [2.45, 2.75) is 13.0 Å². The molecule has 1 aromatic heterocycles. The average molecular weight is 327 g/mol. The van der Waals surface area contributed by atoms with E-state index in [2.05, 4.69) is 21.2 Å². The molecule has 6 heteroatoms. The van der Waals surface area contributed by atoms with Crippen molar-refractivity contribution in [3.63, 3.8) is 0 Å². The highest BCUT2D eigenvalue weighted by Gasteiger charge is 2.15. The third kappa shape index (κ3) is 2.70. The summed E-state index contributed by atoms with van der Waals surface area (Å²) < 4.78 is 1.99. The summed E-state index contributed by atoms with van der Waals surface area (Å²) in [4.78, 5) is 23.3. The molecule has 1 heterocycles. The number of benzene rings is 1. The van der Waals surface area contributed by atoms with Gasteiger partial charge in [0, 0.05) is 9.17 Å². The molecule has 0 aliphatic heterocycles. The largest absolute Gasteiger partial charge is 0.368 e. The zero-order chi connectivity index (χ0) is 13.3. The minimum Gasteiger partial charge on any atom is -0.368 e. The molecule has 0 aliphatic carbocycles. The molecule has 94 valence electrons. The molecule has 0 radical (unpaired) electrons. The highest BCUT2D eigenvalue weighted by molar-refractivity contribution is 9.10. The van der Waals surface area contributed by atoms with E-state index in [4.69, 9.17) is 5.73 Å². The van der Waals surface area contributed by atoms with Gasteiger partial charge in [-0.05, 0) is 36.6 Å². The molecule has 0 bridgehead atoms. The van der Waals surface area contributed by atoms with E-state index in [1.165, 1.54) is 11.3 Å². The lowest BCUT2D eigenvalue weighted by Gasteiger charge is -2.08. The van der Waals surface area contributed by atoms with E-state index < -0.39 is 11.9 Å². The van der Waals surface area contributed by atoms with Crippen molar-refractivity contribution in [3.8, 4) is 0 Å². The molecule has 0 fully saturated rings. The molecule has 1 atom stereocenters. The van der Waals surface area contributed by atoms with Crippen molar-refractivity contribution in [3.05, 3.63) is 33.6 Å². The number of thiophene rings is 1. The number of carbonyl (C=O) groups excluding carboxylic acids is 2. The van der Waals surface area contributed by atoms with Gasteiger partial charge in [0.1, 0.15) is 6.04 Å². The quantitative estimate of drug-likeness (QED) is 0.908. The summed E-state index contributed by atoms with van der Waals surface area (Å²) in [6, 6.07) is 6.94. The molecule has 4 nitrogen and oxygen atoms in total. The van der Waals surface area contributed by atoms with Crippen LogP contribution in [0.2, 0.25) is 0 Å². The summed E-state index contributed by atoms with van der Waals surface area (Å²) in [6.45, 7) is 1.56. The Labute approximate surface area is 116 Å². The normalized spacial score (nSPS) is 12.3. The molecule has 18 heavy (non-hydrogen) atoms. The minimum atomic E-state index is -0.672. The first-order valence-electron chi connectivity index (χ1n) is 5.26. The first kappa shape index (κ1) is 13.0. The van der Waals surface area contributed by atoms with Gasteiger partial charge >= 0.3 is 0 Å². The van der Waals surface area contributed by atoms with Crippen molar-refractivity contribution < 1.29 is 9.59 Å². The van der Waals surface area contributed by atoms with Crippen LogP contribution in [0.5, 0.6) is 0 Å². The maximum atomic E-state index is 11.9. The fourth-order valence-electron chi connectivity index (χ4n) is 1.47. The van der Waals surface area contributed by atoms with Crippen LogP contribution >= 0.6 is 27.3 Å². The Bertz CT molecular complexity index is 624. The molecule has 2 amide bonds. The Balaban J connectivity index is 2.26. The molecule has 2 aromatic rings. The highest BCUT2D eigenvalue weighted by atomic mass is 79.9. The van der Waals surface area contributed by atoms with Crippen molar-refractivity contribution in [1.82, 2.24) is 5.32 Å². The van der Waals surface area contributed by atoms with Crippen LogP contribution in [0.15, 0.2) is 28.7 Å². The maximum absolute atomic E-state index is 11.9. The van der Waals surface area contributed by atoms with Crippen LogP contribution < -0.4 is 11.1 Å². The third-order valence-corrected chi connectivity index (χ3v) is 4.08. The number of nitrogens with one attached hydrogen (secondary N) is 1. The Morgan fingerprint density at radius 2 is 2.11 bits per heavy atom. The summed E-state index contributed by atoms with van der Waals surface area (Å²) in [6.07, 6.45) is 0. The first-order chi connectivity index (χ1) is 8.47. The van der Waals surface area contributed by atoms with Gasteiger partial charge in [0.15, 0.2) is 0 Å². The van der Waals surface area contributed by atoms with Gasteiger partial charge in [-0.25, -0.2) is 0 Å². The van der Waals surface area contributed by atoms with Gasteiger partial charge in [0.05, 0.1) is 4.88 Å². The van der Waals surface area contributed by atoms with E-state index in [9.17, 15) is 9.59 Å². The van der Waals surface area contributed by atoms with Gasteiger partial charge in [-0.15, -0.1) is 11.3 Å². The van der Waals surface area contributed by atoms with Gasteiger partial charge in [0.25, 0.3) is 5.91 Å². The second-order valence-electron chi connectivity index (χ2n) is 3.89. The Morgan fingerprint density at radius 1 is 1.39 bits per heavy atom. The summed E-state index contributed by atoms with van der Waals surface area (Å²) in [5.41, 5.74) is 5.10. The molecular formula is C12H11BrN2O2S. The number of hydrogen-bond donors (Lipinski definition) is 2. The van der Waals surface area contributed by atoms with Crippen molar-refractivity contribution in [1.29, 1.82) is 0 Å². The van der Waals surface area contributed by atoms with Crippen molar-refractivity contribution >= 4 is 49.2 Å². The third-order valence-electron chi connectivity index (χ3n) is 2.48. The van der Waals surface area contributed by atoms with Crippen LogP contribution in [0.3, 0.4) is 0 Å². The smallest absolute Gasteiger partial charge is 0.262 e. The lowest BCUT2D eigenvalue weighted by molar-refractivity contribution is -0.119. The number of primary amides is 1. The van der Waals surface area contributed by atoms with Crippen molar-refractivity contribution in [2.75, 3.05) is 0 Å². The fourth-order valence-corrected chi connectivity index (χ4v) is 2.79. The molecule has 1 unspecified atom stereocenters. The molecule has 0 aliphatic rings. The topological polar surface area (TPSA) is 72.2 Å². The fraction of sp³-hybridized carbons (Fsp3) is 0.167. The lowest BCUT2D eigenvalue weighted by Crippen LogP contribution is -2.41. The molecule has 0 saturated heterocycles. The number of halogens is 1. The van der Waals surface area contributed by atoms with Gasteiger partial charge in [-0.2, -0.15) is 0 Å². The minimum absolute atomic E-state index is 0.279. The van der Waals surface area contributed by atoms with E-state index in [0.29, 0.717) is 4.88 Å². The first-order valence-corrected chi connectivity index (χ1v) is 6.87. The number of hydrogen-bond acceptors (Lipinski definition) is 3. The summed E-state index contributed by atoms with van der Waals surface area (Å²) in [5.74, 6) is -0.828. The molecule has 2 rings (SSSR count). The van der Waals surface area contributed by atoms with Gasteiger partial charge in [0.2, 0.25) is 5.91 Å². The van der Waals surface area contributed by atoms with E-state index in [1.54, 1.807) is 13.0 Å². The van der Waals surface area contributed by atoms with Gasteiger partial charge in [-0.1, -0.05) is 15.9 Å². The second kappa shape index (κ2) is 5.07. The van der Waals surface area contributed by atoms with E-state index >= 15 is 0 Å². The van der Waals surface area contributed by atoms with Crippen LogP contribution in [0, 0.1) is 0 Å². The number of rotatable bonds is 3. The van der Waals surface area contributed by atoms with Crippen molar-refractivity contribution in [2.24, 2.45) is 5.73 Å². The highest BCUT2D eigenvalue weighted by Crippen LogP contribution is 2.28. The average Bonchev–Trinajstić information content (AvgIpc) is 2.71. The predicted molar refractivity (Wildman–Crippen MR) is 75.6 cm³/mol. The standard InChI is InChI=1S/C12H11BrN2O2S/c1-6(11(14)16)15-12(17)10-5-7-4-8(13)2-3-9(7)18-10/h2-6H,1H3,(H2,14,16)(H,15,17). The van der Waals surface area contributed by atoms with E-state index in [-0.39, 0.29) is 5.91 Å². The Kier molecular flexibility index (Phi) is 3.68. The number of amides is 2. The number of fused-ring (bicyclic) bond motifs is 1. The van der Waals surface area contributed by atoms with Gasteiger partial charge < -0.3 is 11.1 Å². The number of carbonyl (C=O) groups is 2. The molecule has 1 aromatic carbocycles. The van der Waals surface area contributed by atoms with Crippen LogP contribution in [0.25, 0.3) is 10.1 Å². The Morgan fingerprint density at radius 3 is 2.78 bits per heavy atom. The second-order valence-corrected chi connectivity index (χ2v) is 5.89. The van der Waals surface area contributed by atoms with Gasteiger partial charge in [-0.3, -0.25) is 9.59 Å². The molecule has 3 N–H and O–H groups in total. The monoisotopic (exact) mass is 326 g/mol. The van der Waals surface area contributed by atoms with E-state index in [1.807, 2.05) is 18.2 Å². The van der Waals surface area contributed by atoms with Crippen LogP contribution in [0.1, 0.15) is 16.6 Å². The summed E-state index contributed by atoms with van der Waals surface area (Å²) >= 11 is 4.76. The SMILES string of the molecule is CC(NC(=O)c1cc2cc(Br)ccc2s1)C(N)=O. The molecule has 0 spiro atoms. The zero-order valence-electron chi connectivity index (χ0n) is 9.57. The Hall–Kier alpha value is -1.40. The zero-order valence-corrected chi connectivity index (χ0v) is 12.0. The molecule has 0 saturated carbocycles. The van der Waals surface area contributed by atoms with E-state index in [0.717, 1.165) is 14.6 Å². The summed E-state index contributed by atoms with van der Waals surface area (Å²) in [7, 11) is 0. The van der Waals surface area contributed by atoms with Crippen LogP contribution in [-0.4, -0.2) is 17.9 Å². The van der Waals surface area contributed by atoms with Crippen LogP contribution in [-0.2, 0) is 4.79 Å². The molecular weight excluding hydrogens is 316 g/mol. The maximum Gasteiger partial charge on any atom is 0.262 e. The lowest BCUT2D eigenvalue weighted by atomic mass is 10.2. The number of nitrogens with two attached hydrogens (primary N) is 1. The summed E-state index contributed by atoms with van der Waals surface area (Å²) in [5, 5.41) is 3.55. The van der Waals surface area contributed by atoms with Crippen LogP contribution in [0.4, 0.5) is 0 Å². The predicted octanol–water partition coefficient (Wildman–Crippen LogP) is 2.27.